The molecule has 18 heavy (non-hydrogen) atoms. The minimum Gasteiger partial charge on any atom is -0.466 e. The lowest BCUT2D eigenvalue weighted by atomic mass is 9.82. The summed E-state index contributed by atoms with van der Waals surface area (Å²) in [6.45, 7) is 2.54. The predicted octanol–water partition coefficient (Wildman–Crippen LogP) is 2.72. The summed E-state index contributed by atoms with van der Waals surface area (Å²) in [4.78, 5) is 11.6. The van der Waals surface area contributed by atoms with Gasteiger partial charge in [-0.1, -0.05) is 13.0 Å². The third-order valence-electron chi connectivity index (χ3n) is 3.48. The molecule has 98 valence electrons. The van der Waals surface area contributed by atoms with Crippen LogP contribution in [0.2, 0.25) is 0 Å². The average molecular weight is 247 g/mol. The molecule has 0 saturated carbocycles. The number of carbonyl (C=O) groups is 1. The maximum absolute atomic E-state index is 11.6. The smallest absolute Gasteiger partial charge is 0.306 e. The van der Waals surface area contributed by atoms with Crippen molar-refractivity contribution in [3.05, 3.63) is 29.3 Å². The summed E-state index contributed by atoms with van der Waals surface area (Å²) < 4.78 is 5.14. The molecule has 1 aromatic rings. The molecular formula is C15H21NO2. The molecule has 0 fully saturated rings. The van der Waals surface area contributed by atoms with E-state index in [9.17, 15) is 4.79 Å². The summed E-state index contributed by atoms with van der Waals surface area (Å²) in [5, 5.41) is 0. The van der Waals surface area contributed by atoms with E-state index in [2.05, 4.69) is 6.07 Å². The standard InChI is InChI=1S/C15H21NO2/c1-2-7-18-15(17)9-11-3-4-12-5-6-14(16)10-13(12)8-11/h5-6,10-11H,2-4,7-9,16H2,1H3. The van der Waals surface area contributed by atoms with Crippen molar-refractivity contribution in [1.29, 1.82) is 0 Å². The van der Waals surface area contributed by atoms with E-state index < -0.39 is 0 Å². The van der Waals surface area contributed by atoms with Crippen LogP contribution in [0, 0.1) is 5.92 Å². The number of rotatable bonds is 4. The Morgan fingerprint density at radius 2 is 2.28 bits per heavy atom. The lowest BCUT2D eigenvalue weighted by Gasteiger charge is -2.24. The summed E-state index contributed by atoms with van der Waals surface area (Å²) in [6.07, 6.45) is 4.48. The predicted molar refractivity (Wildman–Crippen MR) is 72.2 cm³/mol. The Labute approximate surface area is 108 Å². The highest BCUT2D eigenvalue weighted by Gasteiger charge is 2.21. The highest BCUT2D eigenvalue weighted by molar-refractivity contribution is 5.69. The number of carbonyl (C=O) groups excluding carboxylic acids is 1. The van der Waals surface area contributed by atoms with Crippen LogP contribution in [0.3, 0.4) is 0 Å². The van der Waals surface area contributed by atoms with E-state index in [0.717, 1.165) is 31.4 Å². The lowest BCUT2D eigenvalue weighted by molar-refractivity contribution is -0.144. The number of nitrogen functional groups attached to an aromatic ring is 1. The molecule has 0 heterocycles. The van der Waals surface area contributed by atoms with Gasteiger partial charge in [0.1, 0.15) is 0 Å². The topological polar surface area (TPSA) is 52.3 Å². The van der Waals surface area contributed by atoms with Gasteiger partial charge in [-0.05, 0) is 54.9 Å². The van der Waals surface area contributed by atoms with Crippen molar-refractivity contribution in [2.45, 2.75) is 39.0 Å². The number of nitrogens with two attached hydrogens (primary N) is 1. The van der Waals surface area contributed by atoms with Gasteiger partial charge in [-0.15, -0.1) is 0 Å². The zero-order valence-electron chi connectivity index (χ0n) is 10.9. The Balaban J connectivity index is 1.93. The number of ether oxygens (including phenoxy) is 1. The van der Waals surface area contributed by atoms with Gasteiger partial charge in [0, 0.05) is 12.1 Å². The first-order valence-electron chi connectivity index (χ1n) is 6.72. The van der Waals surface area contributed by atoms with E-state index in [4.69, 9.17) is 10.5 Å². The maximum Gasteiger partial charge on any atom is 0.306 e. The van der Waals surface area contributed by atoms with E-state index in [1.807, 2.05) is 19.1 Å². The van der Waals surface area contributed by atoms with Gasteiger partial charge in [0.15, 0.2) is 0 Å². The second kappa shape index (κ2) is 5.89. The van der Waals surface area contributed by atoms with Gasteiger partial charge in [0.25, 0.3) is 0 Å². The second-order valence-corrected chi connectivity index (χ2v) is 5.06. The van der Waals surface area contributed by atoms with Crippen molar-refractivity contribution >= 4 is 11.7 Å². The van der Waals surface area contributed by atoms with E-state index in [0.29, 0.717) is 18.9 Å². The number of esters is 1. The van der Waals surface area contributed by atoms with Gasteiger partial charge in [-0.3, -0.25) is 4.79 Å². The van der Waals surface area contributed by atoms with Gasteiger partial charge < -0.3 is 10.5 Å². The Bertz CT molecular complexity index is 429. The number of hydrogen-bond donors (Lipinski definition) is 1. The van der Waals surface area contributed by atoms with Crippen LogP contribution < -0.4 is 5.73 Å². The van der Waals surface area contributed by atoms with Crippen LogP contribution in [-0.2, 0) is 22.4 Å². The highest BCUT2D eigenvalue weighted by atomic mass is 16.5. The first kappa shape index (κ1) is 12.9. The van der Waals surface area contributed by atoms with Crippen LogP contribution in [-0.4, -0.2) is 12.6 Å². The number of fused-ring (bicyclic) bond motifs is 1. The summed E-state index contributed by atoms with van der Waals surface area (Å²) in [5.41, 5.74) is 9.29. The zero-order valence-corrected chi connectivity index (χ0v) is 10.9. The Morgan fingerprint density at radius 3 is 3.06 bits per heavy atom. The number of anilines is 1. The minimum absolute atomic E-state index is 0.0609. The second-order valence-electron chi connectivity index (χ2n) is 5.06. The molecule has 1 aliphatic rings. The van der Waals surface area contributed by atoms with Crippen molar-refractivity contribution in [3.63, 3.8) is 0 Å². The fourth-order valence-electron chi connectivity index (χ4n) is 2.54. The summed E-state index contributed by atoms with van der Waals surface area (Å²) in [5.74, 6) is 0.345. The van der Waals surface area contributed by atoms with Crippen molar-refractivity contribution in [3.8, 4) is 0 Å². The minimum atomic E-state index is -0.0609. The molecule has 0 saturated heterocycles. The monoisotopic (exact) mass is 247 g/mol. The Kier molecular flexibility index (Phi) is 4.24. The van der Waals surface area contributed by atoms with E-state index in [1.54, 1.807) is 0 Å². The molecule has 0 amide bonds. The molecule has 3 heteroatoms. The van der Waals surface area contributed by atoms with Crippen LogP contribution in [0.5, 0.6) is 0 Å². The largest absolute Gasteiger partial charge is 0.466 e. The number of benzene rings is 1. The Hall–Kier alpha value is -1.51. The van der Waals surface area contributed by atoms with Crippen LogP contribution in [0.1, 0.15) is 37.3 Å². The fraction of sp³-hybridized carbons (Fsp3) is 0.533. The molecule has 0 spiro atoms. The average Bonchev–Trinajstić information content (AvgIpc) is 2.36. The molecule has 0 radical (unpaired) electrons. The normalized spacial score (nSPS) is 18.2. The molecule has 0 bridgehead atoms. The zero-order chi connectivity index (χ0) is 13.0. The molecule has 2 rings (SSSR count). The first-order chi connectivity index (χ1) is 8.69. The first-order valence-corrected chi connectivity index (χ1v) is 6.72. The number of aryl methyl sites for hydroxylation is 1. The molecule has 0 aliphatic heterocycles. The van der Waals surface area contributed by atoms with Gasteiger partial charge in [-0.2, -0.15) is 0 Å². The van der Waals surface area contributed by atoms with Gasteiger partial charge in [0.2, 0.25) is 0 Å². The molecule has 2 N–H and O–H groups in total. The molecule has 0 aromatic heterocycles. The highest BCUT2D eigenvalue weighted by Crippen LogP contribution is 2.29. The summed E-state index contributed by atoms with van der Waals surface area (Å²) >= 11 is 0. The summed E-state index contributed by atoms with van der Waals surface area (Å²) in [6, 6.07) is 6.10. The van der Waals surface area contributed by atoms with Gasteiger partial charge in [0.05, 0.1) is 6.61 Å². The van der Waals surface area contributed by atoms with Crippen LogP contribution in [0.25, 0.3) is 0 Å². The fourth-order valence-corrected chi connectivity index (χ4v) is 2.54. The molecule has 3 nitrogen and oxygen atoms in total. The van der Waals surface area contributed by atoms with Crippen molar-refractivity contribution in [2.75, 3.05) is 12.3 Å². The van der Waals surface area contributed by atoms with Crippen molar-refractivity contribution in [1.82, 2.24) is 0 Å². The molecule has 1 aliphatic carbocycles. The number of hydrogen-bond acceptors (Lipinski definition) is 3. The van der Waals surface area contributed by atoms with Crippen LogP contribution in [0.15, 0.2) is 18.2 Å². The SMILES string of the molecule is CCCOC(=O)CC1CCc2ccc(N)cc2C1. The quantitative estimate of drug-likeness (QED) is 0.657. The van der Waals surface area contributed by atoms with Crippen LogP contribution in [0.4, 0.5) is 5.69 Å². The third-order valence-corrected chi connectivity index (χ3v) is 3.48. The lowest BCUT2D eigenvalue weighted by Crippen LogP contribution is -2.19. The van der Waals surface area contributed by atoms with Crippen molar-refractivity contribution in [2.24, 2.45) is 5.92 Å². The molecule has 1 atom stereocenters. The summed E-state index contributed by atoms with van der Waals surface area (Å²) in [7, 11) is 0. The molecular weight excluding hydrogens is 226 g/mol. The third kappa shape index (κ3) is 3.25. The van der Waals surface area contributed by atoms with E-state index in [-0.39, 0.29) is 5.97 Å². The van der Waals surface area contributed by atoms with Gasteiger partial charge in [-0.25, -0.2) is 0 Å². The molecule has 1 unspecified atom stereocenters. The van der Waals surface area contributed by atoms with E-state index >= 15 is 0 Å². The maximum atomic E-state index is 11.6. The van der Waals surface area contributed by atoms with Crippen LogP contribution >= 0.6 is 0 Å². The molecule has 1 aromatic carbocycles. The van der Waals surface area contributed by atoms with Crippen molar-refractivity contribution < 1.29 is 9.53 Å². The van der Waals surface area contributed by atoms with Gasteiger partial charge >= 0.3 is 5.97 Å². The Morgan fingerprint density at radius 1 is 1.44 bits per heavy atom. The van der Waals surface area contributed by atoms with E-state index in [1.165, 1.54) is 11.1 Å².